The molecule has 5 nitrogen and oxygen atoms in total. The Labute approximate surface area is 135 Å². The third kappa shape index (κ3) is 4.40. The lowest BCUT2D eigenvalue weighted by Crippen LogP contribution is -2.28. The molecule has 1 amide bonds. The molecule has 0 aliphatic rings. The normalized spacial score (nSPS) is 12.7. The number of aliphatic hydroxyl groups excluding tert-OH is 1. The summed E-state index contributed by atoms with van der Waals surface area (Å²) in [5.41, 5.74) is 1.93. The number of hydrogen-bond donors (Lipinski definition) is 2. The Kier molecular flexibility index (Phi) is 5.18. The fourth-order valence-corrected chi connectivity index (χ4v) is 2.90. The van der Waals surface area contributed by atoms with Gasteiger partial charge in [-0.1, -0.05) is 30.3 Å². The molecule has 2 aromatic rings. The van der Waals surface area contributed by atoms with E-state index in [0.29, 0.717) is 0 Å². The average molecular weight is 333 g/mol. The predicted octanol–water partition coefficient (Wildman–Crippen LogP) is 1.86. The predicted molar refractivity (Wildman–Crippen MR) is 88.0 cm³/mol. The molecule has 2 N–H and O–H groups in total. The molecule has 23 heavy (non-hydrogen) atoms. The van der Waals surface area contributed by atoms with E-state index < -0.39 is 21.8 Å². The molecule has 122 valence electrons. The molecule has 0 unspecified atom stereocenters. The van der Waals surface area contributed by atoms with Crippen molar-refractivity contribution < 1.29 is 18.3 Å². The molecule has 2 aromatic carbocycles. The van der Waals surface area contributed by atoms with E-state index in [-0.39, 0.29) is 17.0 Å². The van der Waals surface area contributed by atoms with Crippen LogP contribution in [0.15, 0.2) is 53.4 Å². The monoisotopic (exact) mass is 333 g/mol. The molecule has 0 heterocycles. The quantitative estimate of drug-likeness (QED) is 0.875. The zero-order valence-electron chi connectivity index (χ0n) is 13.0. The zero-order valence-corrected chi connectivity index (χ0v) is 13.8. The first-order valence-corrected chi connectivity index (χ1v) is 9.00. The van der Waals surface area contributed by atoms with Crippen LogP contribution in [0.4, 0.5) is 0 Å². The second kappa shape index (κ2) is 6.93. The highest BCUT2D eigenvalue weighted by molar-refractivity contribution is 7.90. The number of carbonyl (C=O) groups excluding carboxylic acids is 1. The largest absolute Gasteiger partial charge is 0.387 e. The second-order valence-electron chi connectivity index (χ2n) is 5.38. The molecule has 1 atom stereocenters. The van der Waals surface area contributed by atoms with Crippen LogP contribution in [0.2, 0.25) is 0 Å². The Morgan fingerprint density at radius 3 is 2.52 bits per heavy atom. The molecule has 0 bridgehead atoms. The van der Waals surface area contributed by atoms with E-state index in [9.17, 15) is 18.3 Å². The van der Waals surface area contributed by atoms with Gasteiger partial charge < -0.3 is 10.4 Å². The van der Waals surface area contributed by atoms with Crippen LogP contribution in [0.3, 0.4) is 0 Å². The SMILES string of the molecule is Cc1ccccc1[C@H](O)CNC(=O)c1cccc(S(C)(=O)=O)c1. The van der Waals surface area contributed by atoms with Crippen molar-refractivity contribution in [2.45, 2.75) is 17.9 Å². The van der Waals surface area contributed by atoms with E-state index >= 15 is 0 Å². The fourth-order valence-electron chi connectivity index (χ4n) is 2.23. The smallest absolute Gasteiger partial charge is 0.251 e. The lowest BCUT2D eigenvalue weighted by molar-refractivity contribution is 0.0915. The van der Waals surface area contributed by atoms with Gasteiger partial charge in [0.1, 0.15) is 0 Å². The van der Waals surface area contributed by atoms with Gasteiger partial charge in [0.05, 0.1) is 11.0 Å². The molecule has 0 aromatic heterocycles. The highest BCUT2D eigenvalue weighted by Crippen LogP contribution is 2.17. The van der Waals surface area contributed by atoms with Crippen LogP contribution in [0.25, 0.3) is 0 Å². The van der Waals surface area contributed by atoms with Crippen LogP contribution >= 0.6 is 0 Å². The summed E-state index contributed by atoms with van der Waals surface area (Å²) in [5.74, 6) is -0.428. The fraction of sp³-hybridized carbons (Fsp3) is 0.235. The topological polar surface area (TPSA) is 83.5 Å². The molecular formula is C17H19NO4S. The van der Waals surface area contributed by atoms with Crippen molar-refractivity contribution in [3.63, 3.8) is 0 Å². The summed E-state index contributed by atoms with van der Waals surface area (Å²) in [5, 5.41) is 12.8. The van der Waals surface area contributed by atoms with E-state index in [1.165, 1.54) is 24.3 Å². The number of carbonyl (C=O) groups is 1. The van der Waals surface area contributed by atoms with Crippen molar-refractivity contribution in [3.8, 4) is 0 Å². The summed E-state index contributed by atoms with van der Waals surface area (Å²) < 4.78 is 23.0. The van der Waals surface area contributed by atoms with Crippen molar-refractivity contribution in [2.75, 3.05) is 12.8 Å². The van der Waals surface area contributed by atoms with Gasteiger partial charge in [-0.3, -0.25) is 4.79 Å². The molecule has 0 spiro atoms. The number of nitrogens with one attached hydrogen (secondary N) is 1. The highest BCUT2D eigenvalue weighted by atomic mass is 32.2. The van der Waals surface area contributed by atoms with Gasteiger partial charge in [0.2, 0.25) is 0 Å². The van der Waals surface area contributed by atoms with Crippen molar-refractivity contribution in [1.29, 1.82) is 0 Å². The van der Waals surface area contributed by atoms with Crippen LogP contribution in [-0.2, 0) is 9.84 Å². The average Bonchev–Trinajstić information content (AvgIpc) is 2.52. The van der Waals surface area contributed by atoms with Crippen molar-refractivity contribution in [3.05, 3.63) is 65.2 Å². The maximum absolute atomic E-state index is 12.1. The number of benzene rings is 2. The maximum Gasteiger partial charge on any atom is 0.251 e. The van der Waals surface area contributed by atoms with Gasteiger partial charge in [-0.2, -0.15) is 0 Å². The van der Waals surface area contributed by atoms with Crippen LogP contribution < -0.4 is 5.32 Å². The minimum atomic E-state index is -3.37. The van der Waals surface area contributed by atoms with Crippen LogP contribution in [0.1, 0.15) is 27.6 Å². The molecule has 0 aliphatic heterocycles. The first kappa shape index (κ1) is 17.2. The molecule has 0 saturated heterocycles. The second-order valence-corrected chi connectivity index (χ2v) is 7.40. The van der Waals surface area contributed by atoms with Gasteiger partial charge in [0.15, 0.2) is 9.84 Å². The minimum absolute atomic E-state index is 0.0484. The number of aryl methyl sites for hydroxylation is 1. The lowest BCUT2D eigenvalue weighted by Gasteiger charge is -2.14. The highest BCUT2D eigenvalue weighted by Gasteiger charge is 2.14. The Bertz CT molecular complexity index is 815. The summed E-state index contributed by atoms with van der Waals surface area (Å²) in [6.45, 7) is 1.93. The Balaban J connectivity index is 2.07. The third-order valence-corrected chi connectivity index (χ3v) is 4.64. The van der Waals surface area contributed by atoms with Crippen LogP contribution in [0, 0.1) is 6.92 Å². The van der Waals surface area contributed by atoms with E-state index in [1.54, 1.807) is 6.07 Å². The Hall–Kier alpha value is -2.18. The molecule has 2 rings (SSSR count). The van der Waals surface area contributed by atoms with Gasteiger partial charge in [-0.25, -0.2) is 8.42 Å². The number of amides is 1. The standard InChI is InChI=1S/C17H19NO4S/c1-12-6-3-4-9-15(12)16(19)11-18-17(20)13-7-5-8-14(10-13)23(2,21)22/h3-10,16,19H,11H2,1-2H3,(H,18,20)/t16-/m1/s1. The van der Waals surface area contributed by atoms with Crippen molar-refractivity contribution >= 4 is 15.7 Å². The van der Waals surface area contributed by atoms with E-state index in [1.807, 2.05) is 25.1 Å². The summed E-state index contributed by atoms with van der Waals surface area (Å²) >= 11 is 0. The van der Waals surface area contributed by atoms with Crippen molar-refractivity contribution in [1.82, 2.24) is 5.32 Å². The molecule has 0 saturated carbocycles. The van der Waals surface area contributed by atoms with Gasteiger partial charge in [0.25, 0.3) is 5.91 Å². The number of rotatable bonds is 5. The first-order valence-electron chi connectivity index (χ1n) is 7.11. The summed E-state index contributed by atoms with van der Waals surface area (Å²) in [4.78, 5) is 12.2. The summed E-state index contributed by atoms with van der Waals surface area (Å²) in [7, 11) is -3.37. The first-order chi connectivity index (χ1) is 10.8. The Morgan fingerprint density at radius 1 is 1.17 bits per heavy atom. The molecule has 0 radical (unpaired) electrons. The lowest BCUT2D eigenvalue weighted by atomic mass is 10.0. The Morgan fingerprint density at radius 2 is 1.87 bits per heavy atom. The maximum atomic E-state index is 12.1. The molecule has 0 fully saturated rings. The molecular weight excluding hydrogens is 314 g/mol. The van der Waals surface area contributed by atoms with E-state index in [2.05, 4.69) is 5.32 Å². The number of sulfone groups is 1. The summed E-state index contributed by atoms with van der Waals surface area (Å²) in [6.07, 6.45) is 0.268. The number of aliphatic hydroxyl groups is 1. The summed E-state index contributed by atoms with van der Waals surface area (Å²) in [6, 6.07) is 13.2. The number of hydrogen-bond acceptors (Lipinski definition) is 4. The molecule has 6 heteroatoms. The van der Waals surface area contributed by atoms with Crippen LogP contribution in [0.5, 0.6) is 0 Å². The van der Waals surface area contributed by atoms with E-state index in [4.69, 9.17) is 0 Å². The van der Waals surface area contributed by atoms with Crippen molar-refractivity contribution in [2.24, 2.45) is 0 Å². The molecule has 0 aliphatic carbocycles. The zero-order chi connectivity index (χ0) is 17.0. The van der Waals surface area contributed by atoms with E-state index in [0.717, 1.165) is 17.4 Å². The van der Waals surface area contributed by atoms with Crippen LogP contribution in [-0.4, -0.2) is 32.2 Å². The van der Waals surface area contributed by atoms with Gasteiger partial charge in [0, 0.05) is 18.4 Å². The minimum Gasteiger partial charge on any atom is -0.387 e. The van der Waals surface area contributed by atoms with Gasteiger partial charge in [-0.05, 0) is 36.2 Å². The third-order valence-electron chi connectivity index (χ3n) is 3.53. The van der Waals surface area contributed by atoms with Gasteiger partial charge >= 0.3 is 0 Å². The van der Waals surface area contributed by atoms with Gasteiger partial charge in [-0.15, -0.1) is 0 Å².